The number of ether oxygens (including phenoxy) is 2. The highest BCUT2D eigenvalue weighted by molar-refractivity contribution is 6.18. The van der Waals surface area contributed by atoms with Gasteiger partial charge in [-0.25, -0.2) is 9.18 Å². The molecule has 0 N–H and O–H groups in total. The van der Waals surface area contributed by atoms with E-state index in [1.165, 1.54) is 5.56 Å². The second-order valence-corrected chi connectivity index (χ2v) is 8.05. The molecular weight excluding hydrogens is 385 g/mol. The summed E-state index contributed by atoms with van der Waals surface area (Å²) in [7, 11) is 3.49. The molecule has 0 amide bonds. The number of hydrogen-bond acceptors (Lipinski definition) is 5. The van der Waals surface area contributed by atoms with E-state index in [1.807, 2.05) is 33.0 Å². The van der Waals surface area contributed by atoms with E-state index < -0.39 is 19.4 Å². The average molecular weight is 416 g/mol. The third-order valence-corrected chi connectivity index (χ3v) is 4.83. The predicted octanol–water partition coefficient (Wildman–Crippen LogP) is 4.39. The number of esters is 1. The first kappa shape index (κ1) is 23.3. The molecule has 0 aliphatic carbocycles. The van der Waals surface area contributed by atoms with Crippen LogP contribution in [0.25, 0.3) is 11.3 Å². The van der Waals surface area contributed by atoms with Gasteiger partial charge in [-0.1, -0.05) is 45.0 Å². The first-order valence-electron chi connectivity index (χ1n) is 9.72. The Balaban J connectivity index is 2.63. The molecule has 0 radical (unpaired) electrons. The van der Waals surface area contributed by atoms with Crippen LogP contribution in [0.3, 0.4) is 0 Å². The lowest BCUT2D eigenvalue weighted by Crippen LogP contribution is -2.13. The fourth-order valence-electron chi connectivity index (χ4n) is 3.09. The molecule has 0 bridgehead atoms. The number of aliphatic imine (C=N–C) groups is 1. The number of aryl methyl sites for hydroxylation is 2. The molecule has 0 saturated heterocycles. The van der Waals surface area contributed by atoms with E-state index in [0.29, 0.717) is 11.3 Å². The van der Waals surface area contributed by atoms with Crippen molar-refractivity contribution in [1.29, 1.82) is 0 Å². The highest BCUT2D eigenvalue weighted by Gasteiger charge is 2.21. The second-order valence-electron chi connectivity index (χ2n) is 8.05. The maximum absolute atomic E-state index is 12.5. The number of hydrogen-bond donors (Lipinski definition) is 0. The highest BCUT2D eigenvalue weighted by atomic mass is 19.1. The first-order chi connectivity index (χ1) is 14.1. The number of halogens is 1. The molecule has 0 atom stereocenters. The maximum Gasteiger partial charge on any atom is 0.340 e. The Morgan fingerprint density at radius 3 is 2.30 bits per heavy atom. The van der Waals surface area contributed by atoms with Crippen LogP contribution in [0.2, 0.25) is 0 Å². The predicted molar refractivity (Wildman–Crippen MR) is 117 cm³/mol. The third kappa shape index (κ3) is 5.34. The molecule has 0 fully saturated rings. The quantitative estimate of drug-likeness (QED) is 0.291. The highest BCUT2D eigenvalue weighted by Crippen LogP contribution is 2.31. The van der Waals surface area contributed by atoms with Crippen molar-refractivity contribution < 1.29 is 18.7 Å². The average Bonchev–Trinajstić information content (AvgIpc) is 2.95. The van der Waals surface area contributed by atoms with Crippen LogP contribution >= 0.6 is 0 Å². The summed E-state index contributed by atoms with van der Waals surface area (Å²) in [5.74, 6) is -0.524. The molecule has 1 heterocycles. The minimum atomic E-state index is -1.20. The lowest BCUT2D eigenvalue weighted by atomic mass is 9.86. The van der Waals surface area contributed by atoms with E-state index in [1.54, 1.807) is 17.9 Å². The molecule has 30 heavy (non-hydrogen) atoms. The molecule has 2 rings (SSSR count). The molecule has 0 unspecified atom stereocenters. The zero-order valence-electron chi connectivity index (χ0n) is 18.7. The van der Waals surface area contributed by atoms with Crippen molar-refractivity contribution in [3.63, 3.8) is 0 Å². The van der Waals surface area contributed by atoms with Gasteiger partial charge >= 0.3 is 5.97 Å². The Labute approximate surface area is 177 Å². The SMILES string of the molecule is CN=C/C(=C(/OCOC(=O)CF)c1c(C)c(C)nn1C)c1ccc(C(C)(C)C)cc1. The molecular formula is C23H30FN3O3. The Morgan fingerprint density at radius 1 is 1.20 bits per heavy atom. The lowest BCUT2D eigenvalue weighted by molar-refractivity contribution is -0.152. The van der Waals surface area contributed by atoms with Crippen LogP contribution in [0.4, 0.5) is 4.39 Å². The molecule has 162 valence electrons. The van der Waals surface area contributed by atoms with E-state index in [4.69, 9.17) is 9.47 Å². The van der Waals surface area contributed by atoms with Gasteiger partial charge in [0.05, 0.1) is 5.69 Å². The number of carbonyl (C=O) groups excluding carboxylic acids is 1. The summed E-state index contributed by atoms with van der Waals surface area (Å²) in [6.07, 6.45) is 1.69. The van der Waals surface area contributed by atoms with Gasteiger partial charge in [-0.05, 0) is 30.4 Å². The standard InChI is InChI=1S/C23H30FN3O3/c1-15-16(2)26-27(7)21(15)22(30-14-29-20(28)12-24)19(13-25-6)17-8-10-18(11-9-17)23(3,4)5/h8-11,13H,12,14H2,1-7H3/b22-19-,25-13?. The Morgan fingerprint density at radius 2 is 1.83 bits per heavy atom. The van der Waals surface area contributed by atoms with Crippen molar-refractivity contribution in [2.75, 3.05) is 20.5 Å². The van der Waals surface area contributed by atoms with Crippen LogP contribution in [-0.4, -0.2) is 42.5 Å². The second kappa shape index (κ2) is 9.69. The molecule has 0 saturated carbocycles. The maximum atomic E-state index is 12.5. The molecule has 6 nitrogen and oxygen atoms in total. The number of alkyl halides is 1. The van der Waals surface area contributed by atoms with E-state index in [2.05, 4.69) is 43.0 Å². The first-order valence-corrected chi connectivity index (χ1v) is 9.72. The third-order valence-electron chi connectivity index (χ3n) is 4.83. The van der Waals surface area contributed by atoms with Gasteiger partial charge in [0.2, 0.25) is 6.79 Å². The van der Waals surface area contributed by atoms with Gasteiger partial charge in [0.15, 0.2) is 12.4 Å². The normalized spacial score (nSPS) is 12.8. The zero-order valence-corrected chi connectivity index (χ0v) is 18.7. The number of rotatable bonds is 7. The monoisotopic (exact) mass is 415 g/mol. The molecule has 2 aromatic rings. The number of allylic oxidation sites excluding steroid dienone is 1. The Bertz CT molecular complexity index is 951. The van der Waals surface area contributed by atoms with Crippen LogP contribution in [0, 0.1) is 13.8 Å². The van der Waals surface area contributed by atoms with Crippen molar-refractivity contribution in [2.45, 2.75) is 40.0 Å². The van der Waals surface area contributed by atoms with Gasteiger partial charge < -0.3 is 9.47 Å². The summed E-state index contributed by atoms with van der Waals surface area (Å²) in [5.41, 5.74) is 5.34. The van der Waals surface area contributed by atoms with Gasteiger partial charge in [-0.15, -0.1) is 0 Å². The fraction of sp³-hybridized carbons (Fsp3) is 0.435. The van der Waals surface area contributed by atoms with Crippen molar-refractivity contribution in [3.8, 4) is 0 Å². The molecule has 1 aromatic heterocycles. The van der Waals surface area contributed by atoms with Gasteiger partial charge in [-0.2, -0.15) is 5.10 Å². The van der Waals surface area contributed by atoms with Crippen LogP contribution in [0.1, 0.15) is 48.8 Å². The molecule has 0 aliphatic rings. The zero-order chi connectivity index (χ0) is 22.5. The topological polar surface area (TPSA) is 65.7 Å². The fourth-order valence-corrected chi connectivity index (χ4v) is 3.09. The molecule has 0 aliphatic heterocycles. The van der Waals surface area contributed by atoms with E-state index in [-0.39, 0.29) is 5.41 Å². The molecule has 0 spiro atoms. The Kier molecular flexibility index (Phi) is 7.54. The van der Waals surface area contributed by atoms with Gasteiger partial charge in [0.25, 0.3) is 0 Å². The van der Waals surface area contributed by atoms with E-state index >= 15 is 0 Å². The van der Waals surface area contributed by atoms with Crippen molar-refractivity contribution >= 4 is 23.5 Å². The summed E-state index contributed by atoms with van der Waals surface area (Å²) in [4.78, 5) is 15.4. The van der Waals surface area contributed by atoms with Gasteiger partial charge in [-0.3, -0.25) is 9.67 Å². The largest absolute Gasteiger partial charge is 0.454 e. The number of carbonyl (C=O) groups is 1. The van der Waals surface area contributed by atoms with Crippen LogP contribution in [-0.2, 0) is 26.7 Å². The molecule has 1 aromatic carbocycles. The minimum Gasteiger partial charge on any atom is -0.454 e. The number of nitrogens with zero attached hydrogens (tertiary/aromatic N) is 3. The van der Waals surface area contributed by atoms with Gasteiger partial charge in [0, 0.05) is 31.4 Å². The summed E-state index contributed by atoms with van der Waals surface area (Å²) in [6, 6.07) is 8.15. The summed E-state index contributed by atoms with van der Waals surface area (Å²) in [5, 5.41) is 4.46. The summed E-state index contributed by atoms with van der Waals surface area (Å²) < 4.78 is 24.9. The van der Waals surface area contributed by atoms with Crippen LogP contribution < -0.4 is 0 Å². The van der Waals surface area contributed by atoms with E-state index in [0.717, 1.165) is 22.5 Å². The van der Waals surface area contributed by atoms with E-state index in [9.17, 15) is 9.18 Å². The van der Waals surface area contributed by atoms with Crippen LogP contribution in [0.15, 0.2) is 29.3 Å². The van der Waals surface area contributed by atoms with Crippen molar-refractivity contribution in [1.82, 2.24) is 9.78 Å². The van der Waals surface area contributed by atoms with Gasteiger partial charge in [0.1, 0.15) is 5.69 Å². The number of benzene rings is 1. The minimum absolute atomic E-state index is 0.0247. The number of aromatic nitrogens is 2. The summed E-state index contributed by atoms with van der Waals surface area (Å²) >= 11 is 0. The summed E-state index contributed by atoms with van der Waals surface area (Å²) in [6.45, 7) is 8.70. The van der Waals surface area contributed by atoms with Crippen molar-refractivity contribution in [2.24, 2.45) is 12.0 Å². The van der Waals surface area contributed by atoms with Crippen molar-refractivity contribution in [3.05, 3.63) is 52.3 Å². The molecule has 7 heteroatoms. The van der Waals surface area contributed by atoms with Crippen LogP contribution in [0.5, 0.6) is 0 Å². The Hall–Kier alpha value is -2.96. The smallest absolute Gasteiger partial charge is 0.340 e. The lowest BCUT2D eigenvalue weighted by Gasteiger charge is -2.20.